The minimum Gasteiger partial charge on any atom is -0.490 e. The van der Waals surface area contributed by atoms with Crippen LogP contribution in [0.2, 0.25) is 0 Å². The van der Waals surface area contributed by atoms with Crippen molar-refractivity contribution in [1.29, 1.82) is 5.26 Å². The van der Waals surface area contributed by atoms with Crippen LogP contribution in [0, 0.1) is 25.2 Å². The van der Waals surface area contributed by atoms with Crippen LogP contribution in [0.4, 0.5) is 0 Å². The Labute approximate surface area is 172 Å². The van der Waals surface area contributed by atoms with Gasteiger partial charge in [0.1, 0.15) is 25.4 Å². The molecule has 6 nitrogen and oxygen atoms in total. The summed E-state index contributed by atoms with van der Waals surface area (Å²) in [6, 6.07) is 13.6. The van der Waals surface area contributed by atoms with Crippen LogP contribution in [0.3, 0.4) is 0 Å². The van der Waals surface area contributed by atoms with Gasteiger partial charge in [0.05, 0.1) is 12.7 Å². The first kappa shape index (κ1) is 22.1. The minimum atomic E-state index is -0.263. The SMILES string of the molecule is CCOc1cc(CCNC(=O)CC#N)ccc1OCCOc1ccc(C)c(C)c1. The lowest BCUT2D eigenvalue weighted by atomic mass is 10.1. The van der Waals surface area contributed by atoms with E-state index in [0.29, 0.717) is 44.3 Å². The largest absolute Gasteiger partial charge is 0.490 e. The molecular weight excluding hydrogens is 368 g/mol. The summed E-state index contributed by atoms with van der Waals surface area (Å²) in [5.74, 6) is 1.89. The molecule has 0 aromatic heterocycles. The van der Waals surface area contributed by atoms with E-state index in [9.17, 15) is 4.79 Å². The number of nitrogens with zero attached hydrogens (tertiary/aromatic N) is 1. The number of hydrogen-bond donors (Lipinski definition) is 1. The Kier molecular flexibility index (Phi) is 8.84. The van der Waals surface area contributed by atoms with Gasteiger partial charge in [-0.05, 0) is 68.1 Å². The summed E-state index contributed by atoms with van der Waals surface area (Å²) in [6.45, 7) is 7.87. The van der Waals surface area contributed by atoms with Crippen molar-refractivity contribution < 1.29 is 19.0 Å². The Morgan fingerprint density at radius 3 is 2.52 bits per heavy atom. The molecule has 0 saturated heterocycles. The maximum Gasteiger partial charge on any atom is 0.234 e. The predicted octanol–water partition coefficient (Wildman–Crippen LogP) is 3.73. The molecule has 0 aliphatic heterocycles. The number of carbonyl (C=O) groups is 1. The number of benzene rings is 2. The molecule has 2 aromatic carbocycles. The van der Waals surface area contributed by atoms with E-state index in [2.05, 4.69) is 19.2 Å². The Balaban J connectivity index is 1.86. The topological polar surface area (TPSA) is 80.6 Å². The van der Waals surface area contributed by atoms with Crippen molar-refractivity contribution in [3.8, 4) is 23.3 Å². The van der Waals surface area contributed by atoms with Gasteiger partial charge >= 0.3 is 0 Å². The van der Waals surface area contributed by atoms with Crippen LogP contribution in [-0.4, -0.2) is 32.3 Å². The molecule has 0 bridgehead atoms. The molecule has 0 aliphatic carbocycles. The van der Waals surface area contributed by atoms with Crippen LogP contribution < -0.4 is 19.5 Å². The number of nitriles is 1. The monoisotopic (exact) mass is 396 g/mol. The normalized spacial score (nSPS) is 10.1. The van der Waals surface area contributed by atoms with E-state index in [-0.39, 0.29) is 12.3 Å². The zero-order valence-electron chi connectivity index (χ0n) is 17.3. The lowest BCUT2D eigenvalue weighted by molar-refractivity contribution is -0.120. The quantitative estimate of drug-likeness (QED) is 0.585. The molecule has 2 rings (SSSR count). The highest BCUT2D eigenvalue weighted by atomic mass is 16.5. The molecule has 0 atom stereocenters. The summed E-state index contributed by atoms with van der Waals surface area (Å²) in [6.07, 6.45) is 0.522. The van der Waals surface area contributed by atoms with Gasteiger partial charge in [0, 0.05) is 6.54 Å². The maximum absolute atomic E-state index is 11.4. The highest BCUT2D eigenvalue weighted by Gasteiger charge is 2.08. The molecule has 29 heavy (non-hydrogen) atoms. The standard InChI is InChI=1S/C23H28N2O4/c1-4-27-22-16-19(10-12-25-23(26)9-11-24)6-8-21(22)29-14-13-28-20-7-5-17(2)18(3)15-20/h5-8,15-16H,4,9-10,12-14H2,1-3H3,(H,25,26). The molecule has 0 unspecified atom stereocenters. The third kappa shape index (κ3) is 7.38. The number of amides is 1. The fourth-order valence-corrected chi connectivity index (χ4v) is 2.69. The maximum atomic E-state index is 11.4. The summed E-state index contributed by atoms with van der Waals surface area (Å²) >= 11 is 0. The highest BCUT2D eigenvalue weighted by molar-refractivity contribution is 5.77. The average molecular weight is 396 g/mol. The number of carbonyl (C=O) groups excluding carboxylic acids is 1. The lowest BCUT2D eigenvalue weighted by Gasteiger charge is -2.14. The van der Waals surface area contributed by atoms with Crippen molar-refractivity contribution in [2.75, 3.05) is 26.4 Å². The van der Waals surface area contributed by atoms with Crippen molar-refractivity contribution in [3.63, 3.8) is 0 Å². The molecule has 2 aromatic rings. The highest BCUT2D eigenvalue weighted by Crippen LogP contribution is 2.28. The van der Waals surface area contributed by atoms with Gasteiger partial charge in [-0.3, -0.25) is 4.79 Å². The van der Waals surface area contributed by atoms with Gasteiger partial charge in [-0.15, -0.1) is 0 Å². The number of aryl methyl sites for hydroxylation is 2. The Morgan fingerprint density at radius 2 is 1.79 bits per heavy atom. The molecular formula is C23H28N2O4. The summed E-state index contributed by atoms with van der Waals surface area (Å²) in [5, 5.41) is 11.2. The minimum absolute atomic E-state index is 0.124. The molecule has 154 valence electrons. The van der Waals surface area contributed by atoms with E-state index < -0.39 is 0 Å². The first-order valence-electron chi connectivity index (χ1n) is 9.75. The second kappa shape index (κ2) is 11.6. The van der Waals surface area contributed by atoms with E-state index in [1.807, 2.05) is 49.4 Å². The molecule has 0 fully saturated rings. The van der Waals surface area contributed by atoms with E-state index in [1.54, 1.807) is 0 Å². The van der Waals surface area contributed by atoms with Gasteiger partial charge in [0.2, 0.25) is 5.91 Å². The molecule has 0 radical (unpaired) electrons. The first-order valence-corrected chi connectivity index (χ1v) is 9.75. The van der Waals surface area contributed by atoms with E-state index in [4.69, 9.17) is 19.5 Å². The first-order chi connectivity index (χ1) is 14.0. The fraction of sp³-hybridized carbons (Fsp3) is 0.391. The molecule has 1 N–H and O–H groups in total. The van der Waals surface area contributed by atoms with Crippen LogP contribution in [0.1, 0.15) is 30.0 Å². The third-order valence-corrected chi connectivity index (χ3v) is 4.37. The smallest absolute Gasteiger partial charge is 0.234 e. The van der Waals surface area contributed by atoms with Crippen molar-refractivity contribution >= 4 is 5.91 Å². The van der Waals surface area contributed by atoms with Crippen LogP contribution >= 0.6 is 0 Å². The third-order valence-electron chi connectivity index (χ3n) is 4.37. The molecule has 0 saturated carbocycles. The van der Waals surface area contributed by atoms with Gasteiger partial charge in [-0.1, -0.05) is 12.1 Å². The number of nitrogens with one attached hydrogen (secondary N) is 1. The van der Waals surface area contributed by atoms with Gasteiger partial charge < -0.3 is 19.5 Å². The molecule has 0 spiro atoms. The summed E-state index contributed by atoms with van der Waals surface area (Å²) < 4.78 is 17.3. The van der Waals surface area contributed by atoms with Crippen molar-refractivity contribution in [2.45, 2.75) is 33.6 Å². The Morgan fingerprint density at radius 1 is 1.00 bits per heavy atom. The van der Waals surface area contributed by atoms with E-state index in [1.165, 1.54) is 11.1 Å². The molecule has 0 aliphatic rings. The van der Waals surface area contributed by atoms with Gasteiger partial charge in [-0.25, -0.2) is 0 Å². The molecule has 1 amide bonds. The zero-order chi connectivity index (χ0) is 21.1. The van der Waals surface area contributed by atoms with Crippen LogP contribution in [0.25, 0.3) is 0 Å². The van der Waals surface area contributed by atoms with Gasteiger partial charge in [-0.2, -0.15) is 5.26 Å². The van der Waals surface area contributed by atoms with Gasteiger partial charge in [0.25, 0.3) is 0 Å². The number of rotatable bonds is 11. The Hall–Kier alpha value is -3.20. The second-order valence-corrected chi connectivity index (χ2v) is 6.59. The van der Waals surface area contributed by atoms with E-state index >= 15 is 0 Å². The summed E-state index contributed by atoms with van der Waals surface area (Å²) in [5.41, 5.74) is 3.45. The molecule has 0 heterocycles. The van der Waals surface area contributed by atoms with Gasteiger partial charge in [0.15, 0.2) is 11.5 Å². The second-order valence-electron chi connectivity index (χ2n) is 6.59. The van der Waals surface area contributed by atoms with Crippen molar-refractivity contribution in [2.24, 2.45) is 0 Å². The Bertz CT molecular complexity index is 858. The zero-order valence-corrected chi connectivity index (χ0v) is 17.3. The van der Waals surface area contributed by atoms with E-state index in [0.717, 1.165) is 11.3 Å². The molecule has 6 heteroatoms. The van der Waals surface area contributed by atoms with Crippen LogP contribution in [-0.2, 0) is 11.2 Å². The number of hydrogen-bond acceptors (Lipinski definition) is 5. The van der Waals surface area contributed by atoms with Crippen molar-refractivity contribution in [3.05, 3.63) is 53.1 Å². The predicted molar refractivity (Wildman–Crippen MR) is 111 cm³/mol. The summed E-state index contributed by atoms with van der Waals surface area (Å²) in [7, 11) is 0. The van der Waals surface area contributed by atoms with Crippen molar-refractivity contribution in [1.82, 2.24) is 5.32 Å². The fourth-order valence-electron chi connectivity index (χ4n) is 2.69. The number of ether oxygens (including phenoxy) is 3. The summed E-state index contributed by atoms with van der Waals surface area (Å²) in [4.78, 5) is 11.4. The lowest BCUT2D eigenvalue weighted by Crippen LogP contribution is -2.24. The van der Waals surface area contributed by atoms with Crippen LogP contribution in [0.5, 0.6) is 17.2 Å². The average Bonchev–Trinajstić information content (AvgIpc) is 2.69. The van der Waals surface area contributed by atoms with Crippen LogP contribution in [0.15, 0.2) is 36.4 Å².